The van der Waals surface area contributed by atoms with Gasteiger partial charge in [-0.25, -0.2) is 13.2 Å². The van der Waals surface area contributed by atoms with E-state index in [4.69, 9.17) is 15.6 Å². The van der Waals surface area contributed by atoms with E-state index in [2.05, 4.69) is 4.72 Å². The molecule has 29 heavy (non-hydrogen) atoms. The maximum atomic E-state index is 12.7. The van der Waals surface area contributed by atoms with Crippen molar-refractivity contribution in [2.24, 2.45) is 5.73 Å². The van der Waals surface area contributed by atoms with Crippen molar-refractivity contribution in [2.45, 2.75) is 11.8 Å². The number of amides is 1. The average Bonchev–Trinajstić information content (AvgIpc) is 3.03. The topological polar surface area (TPSA) is 136 Å². The van der Waals surface area contributed by atoms with Crippen LogP contribution in [0.3, 0.4) is 0 Å². The molecule has 0 atom stereocenters. The van der Waals surface area contributed by atoms with Crippen LogP contribution < -0.4 is 15.2 Å². The molecule has 3 aromatic rings. The summed E-state index contributed by atoms with van der Waals surface area (Å²) in [5.41, 5.74) is 7.06. The number of carbonyl (C=O) groups is 2. The molecule has 10 heteroatoms. The zero-order valence-corrected chi connectivity index (χ0v) is 16.7. The summed E-state index contributed by atoms with van der Waals surface area (Å²) < 4.78 is 32.4. The maximum absolute atomic E-state index is 12.7. The number of nitrogens with two attached hydrogens (primary N) is 1. The fraction of sp³-hybridized carbons (Fsp3) is 0.0526. The van der Waals surface area contributed by atoms with Crippen molar-refractivity contribution in [1.29, 1.82) is 0 Å². The third-order valence-corrected chi connectivity index (χ3v) is 6.35. The highest BCUT2D eigenvalue weighted by molar-refractivity contribution is 7.92. The second-order valence-corrected chi connectivity index (χ2v) is 8.74. The lowest BCUT2D eigenvalue weighted by Crippen LogP contribution is -2.13. The second kappa shape index (κ2) is 7.94. The molecule has 0 bridgehead atoms. The number of rotatable bonds is 6. The lowest BCUT2D eigenvalue weighted by molar-refractivity contribution is 0.1000. The van der Waals surface area contributed by atoms with Crippen molar-refractivity contribution < 1.29 is 27.9 Å². The highest BCUT2D eigenvalue weighted by Crippen LogP contribution is 2.42. The Kier molecular flexibility index (Phi) is 5.57. The van der Waals surface area contributed by atoms with Crippen molar-refractivity contribution in [2.75, 3.05) is 4.72 Å². The molecule has 0 aliphatic carbocycles. The fourth-order valence-corrected chi connectivity index (χ4v) is 4.54. The zero-order valence-electron chi connectivity index (χ0n) is 15.1. The predicted molar refractivity (Wildman–Crippen MR) is 109 cm³/mol. The smallest absolute Gasteiger partial charge is 0.449 e. The lowest BCUT2D eigenvalue weighted by Gasteiger charge is -2.08. The number of carboxylic acid groups (broad SMARTS) is 1. The summed E-state index contributed by atoms with van der Waals surface area (Å²) in [5.74, 6) is -0.579. The minimum atomic E-state index is -3.95. The molecule has 0 fully saturated rings. The normalized spacial score (nSPS) is 11.1. The van der Waals surface area contributed by atoms with E-state index in [1.807, 2.05) is 6.92 Å². The third-order valence-electron chi connectivity index (χ3n) is 3.91. The first kappa shape index (κ1) is 20.4. The molecule has 8 nitrogen and oxygen atoms in total. The van der Waals surface area contributed by atoms with E-state index >= 15 is 0 Å². The van der Waals surface area contributed by atoms with E-state index < -0.39 is 22.1 Å². The van der Waals surface area contributed by atoms with Gasteiger partial charge in [-0.15, -0.1) is 0 Å². The second-order valence-electron chi connectivity index (χ2n) is 6.04. The van der Waals surface area contributed by atoms with Gasteiger partial charge in [-0.3, -0.25) is 9.52 Å². The van der Waals surface area contributed by atoms with Crippen LogP contribution in [0.25, 0.3) is 10.4 Å². The van der Waals surface area contributed by atoms with Crippen molar-refractivity contribution in [3.63, 3.8) is 0 Å². The van der Waals surface area contributed by atoms with E-state index in [1.54, 1.807) is 24.3 Å². The molecule has 0 unspecified atom stereocenters. The first-order valence-electron chi connectivity index (χ1n) is 8.20. The van der Waals surface area contributed by atoms with Crippen LogP contribution in [0, 0.1) is 6.92 Å². The summed E-state index contributed by atoms with van der Waals surface area (Å²) in [4.78, 5) is 22.8. The number of benzene rings is 2. The van der Waals surface area contributed by atoms with Crippen LogP contribution in [0.15, 0.2) is 59.5 Å². The highest BCUT2D eigenvalue weighted by Gasteiger charge is 2.21. The number of carbonyl (C=O) groups excluding carboxylic acids is 1. The highest BCUT2D eigenvalue weighted by atomic mass is 32.2. The van der Waals surface area contributed by atoms with Crippen molar-refractivity contribution in [3.05, 3.63) is 65.7 Å². The van der Waals surface area contributed by atoms with Crippen molar-refractivity contribution in [3.8, 4) is 15.5 Å². The molecule has 0 spiro atoms. The van der Waals surface area contributed by atoms with Gasteiger partial charge in [0, 0.05) is 10.4 Å². The monoisotopic (exact) mass is 432 g/mol. The van der Waals surface area contributed by atoms with Crippen LogP contribution in [-0.4, -0.2) is 25.6 Å². The van der Waals surface area contributed by atoms with Crippen LogP contribution >= 0.6 is 11.3 Å². The number of hydrogen-bond donors (Lipinski definition) is 3. The van der Waals surface area contributed by atoms with Crippen LogP contribution in [0.2, 0.25) is 0 Å². The van der Waals surface area contributed by atoms with Gasteiger partial charge in [0.25, 0.3) is 10.0 Å². The number of aryl methyl sites for hydroxylation is 1. The Bertz CT molecular complexity index is 1170. The number of ether oxygens (including phenoxy) is 1. The number of primary amides is 1. The summed E-state index contributed by atoms with van der Waals surface area (Å²) in [7, 11) is -3.95. The molecular weight excluding hydrogens is 416 g/mol. The molecular formula is C19H16N2O6S2. The SMILES string of the molecule is Cc1ccc(S(=O)(=O)Nc2cc(-c3ccc(C(N)=O)cc3)sc2OC(=O)O)cc1. The molecule has 4 N–H and O–H groups in total. The van der Waals surface area contributed by atoms with Crippen LogP contribution in [0.1, 0.15) is 15.9 Å². The van der Waals surface area contributed by atoms with Crippen LogP contribution in [0.5, 0.6) is 5.06 Å². The lowest BCUT2D eigenvalue weighted by atomic mass is 10.1. The van der Waals surface area contributed by atoms with Gasteiger partial charge in [0.15, 0.2) is 0 Å². The molecule has 0 radical (unpaired) electrons. The molecule has 3 rings (SSSR count). The van der Waals surface area contributed by atoms with Crippen molar-refractivity contribution >= 4 is 39.1 Å². The first-order valence-corrected chi connectivity index (χ1v) is 10.5. The molecule has 2 aromatic carbocycles. The number of anilines is 1. The fourth-order valence-electron chi connectivity index (χ4n) is 2.46. The van der Waals surface area contributed by atoms with E-state index in [-0.39, 0.29) is 15.6 Å². The summed E-state index contributed by atoms with van der Waals surface area (Å²) in [6.45, 7) is 1.83. The summed E-state index contributed by atoms with van der Waals surface area (Å²) in [6.07, 6.45) is -1.57. The number of thiophene rings is 1. The third kappa shape index (κ3) is 4.73. The van der Waals surface area contributed by atoms with Gasteiger partial charge in [-0.05, 0) is 42.8 Å². The van der Waals surface area contributed by atoms with E-state index in [1.165, 1.54) is 30.3 Å². The van der Waals surface area contributed by atoms with Crippen molar-refractivity contribution in [1.82, 2.24) is 0 Å². The largest absolute Gasteiger partial charge is 0.512 e. The maximum Gasteiger partial charge on any atom is 0.512 e. The molecule has 0 saturated heterocycles. The number of nitrogens with one attached hydrogen (secondary N) is 1. The Labute approximate surface area is 170 Å². The quantitative estimate of drug-likeness (QED) is 0.508. The van der Waals surface area contributed by atoms with Crippen LogP contribution in [0.4, 0.5) is 10.5 Å². The Balaban J connectivity index is 1.98. The standard InChI is InChI=1S/C19H16N2O6S2/c1-11-2-8-14(9-3-11)29(25,26)21-15-10-16(28-18(15)27-19(23)24)12-4-6-13(7-5-12)17(20)22/h2-10,21H,1H3,(H2,20,22)(H,23,24). The average molecular weight is 432 g/mol. The molecule has 1 amide bonds. The minimum Gasteiger partial charge on any atom is -0.449 e. The van der Waals surface area contributed by atoms with Gasteiger partial charge in [-0.1, -0.05) is 41.2 Å². The Morgan fingerprint density at radius 2 is 1.69 bits per heavy atom. The molecule has 1 heterocycles. The molecule has 0 saturated carbocycles. The van der Waals surface area contributed by atoms with E-state index in [0.717, 1.165) is 16.9 Å². The molecule has 0 aliphatic rings. The molecule has 1 aromatic heterocycles. The predicted octanol–water partition coefficient (Wildman–Crippen LogP) is 3.68. The number of hydrogen-bond acceptors (Lipinski definition) is 6. The molecule has 150 valence electrons. The van der Waals surface area contributed by atoms with Gasteiger partial charge in [0.05, 0.1) is 4.90 Å². The summed E-state index contributed by atoms with van der Waals surface area (Å²) in [5, 5.41) is 8.85. The van der Waals surface area contributed by atoms with E-state index in [0.29, 0.717) is 16.0 Å². The molecule has 0 aliphatic heterocycles. The first-order chi connectivity index (χ1) is 13.7. The van der Waals surface area contributed by atoms with Gasteiger partial charge in [0.1, 0.15) is 5.69 Å². The summed E-state index contributed by atoms with van der Waals surface area (Å²) in [6, 6.07) is 14.0. The van der Waals surface area contributed by atoms with Gasteiger partial charge >= 0.3 is 6.16 Å². The van der Waals surface area contributed by atoms with Gasteiger partial charge < -0.3 is 15.6 Å². The summed E-state index contributed by atoms with van der Waals surface area (Å²) >= 11 is 0.947. The Hall–Kier alpha value is -3.37. The minimum absolute atomic E-state index is 0.00745. The Morgan fingerprint density at radius 3 is 2.24 bits per heavy atom. The zero-order chi connectivity index (χ0) is 21.2. The van der Waals surface area contributed by atoms with E-state index in [9.17, 15) is 18.0 Å². The Morgan fingerprint density at radius 1 is 1.07 bits per heavy atom. The van der Waals surface area contributed by atoms with Crippen LogP contribution in [-0.2, 0) is 10.0 Å². The van der Waals surface area contributed by atoms with Gasteiger partial charge in [-0.2, -0.15) is 0 Å². The number of sulfonamides is 1. The van der Waals surface area contributed by atoms with Gasteiger partial charge in [0.2, 0.25) is 11.0 Å².